The molecule has 1 aliphatic heterocycles. The highest BCUT2D eigenvalue weighted by molar-refractivity contribution is 7.99. The molecule has 0 spiro atoms. The molecule has 0 radical (unpaired) electrons. The van der Waals surface area contributed by atoms with Gasteiger partial charge < -0.3 is 15.7 Å². The molecule has 7 nitrogen and oxygen atoms in total. The van der Waals surface area contributed by atoms with Crippen molar-refractivity contribution in [3.63, 3.8) is 0 Å². The summed E-state index contributed by atoms with van der Waals surface area (Å²) in [7, 11) is 0. The van der Waals surface area contributed by atoms with Gasteiger partial charge in [-0.1, -0.05) is 30.8 Å². The van der Waals surface area contributed by atoms with Gasteiger partial charge in [-0.05, 0) is 30.2 Å². The third kappa shape index (κ3) is 4.31. The van der Waals surface area contributed by atoms with E-state index in [-0.39, 0.29) is 28.5 Å². The Morgan fingerprint density at radius 1 is 1.39 bits per heavy atom. The number of pyridine rings is 1. The molecular weight excluding hydrogens is 424 g/mol. The molecule has 2 aromatic rings. The molecule has 1 aromatic carbocycles. The van der Waals surface area contributed by atoms with Crippen LogP contribution in [0.15, 0.2) is 40.3 Å². The molecule has 1 amide bonds. The van der Waals surface area contributed by atoms with E-state index in [1.807, 2.05) is 6.07 Å². The van der Waals surface area contributed by atoms with E-state index in [0.29, 0.717) is 12.2 Å². The van der Waals surface area contributed by atoms with Crippen LogP contribution in [0.4, 0.5) is 14.6 Å². The molecule has 2 unspecified atom stereocenters. The lowest BCUT2D eigenvalue weighted by atomic mass is 9.86. The lowest BCUT2D eigenvalue weighted by Gasteiger charge is -2.22. The van der Waals surface area contributed by atoms with Gasteiger partial charge in [0.15, 0.2) is 5.60 Å². The normalized spacial score (nSPS) is 22.7. The van der Waals surface area contributed by atoms with Gasteiger partial charge in [0, 0.05) is 5.92 Å². The second kappa shape index (κ2) is 8.88. The molecule has 160 valence electrons. The Balaban J connectivity index is 1.95. The molecule has 0 saturated carbocycles. The standard InChI is InChI=1S/C21H19F2N5O2S/c1-2-13-15(9-24)28(11-21(13,30)10-25)17-4-3-5-18(27-17)31-20-14(22)7-6-12(19(20)23)8-16(26)29/h3-7,13,15,30H,2,8,11H2,1H3,(H2,26,29)/t13?,15?,21-/m1/s1. The minimum atomic E-state index is -1.71. The molecule has 1 fully saturated rings. The van der Waals surface area contributed by atoms with E-state index in [2.05, 4.69) is 11.1 Å². The van der Waals surface area contributed by atoms with Crippen LogP contribution in [0.3, 0.4) is 0 Å². The monoisotopic (exact) mass is 443 g/mol. The number of anilines is 1. The largest absolute Gasteiger partial charge is 0.373 e. The lowest BCUT2D eigenvalue weighted by molar-refractivity contribution is -0.117. The molecule has 3 N–H and O–H groups in total. The highest BCUT2D eigenvalue weighted by Crippen LogP contribution is 2.39. The Hall–Kier alpha value is -3.21. The van der Waals surface area contributed by atoms with Gasteiger partial charge in [-0.3, -0.25) is 4.79 Å². The Morgan fingerprint density at radius 2 is 2.13 bits per heavy atom. The highest BCUT2D eigenvalue weighted by atomic mass is 32.2. The number of carbonyl (C=O) groups is 1. The first kappa shape index (κ1) is 22.5. The van der Waals surface area contributed by atoms with Crippen molar-refractivity contribution < 1.29 is 18.7 Å². The van der Waals surface area contributed by atoms with Crippen molar-refractivity contribution in [2.75, 3.05) is 11.4 Å². The van der Waals surface area contributed by atoms with Crippen LogP contribution < -0.4 is 10.6 Å². The number of nitriles is 2. The molecule has 1 aromatic heterocycles. The first-order valence-corrected chi connectivity index (χ1v) is 10.3. The molecule has 3 rings (SSSR count). The summed E-state index contributed by atoms with van der Waals surface area (Å²) in [5, 5.41) is 29.9. The SMILES string of the molecule is CCC1C(C#N)N(c2cccc(Sc3c(F)ccc(CC(N)=O)c3F)n2)C[C@]1(O)C#N. The highest BCUT2D eigenvalue weighted by Gasteiger charge is 2.52. The van der Waals surface area contributed by atoms with Crippen LogP contribution in [0.2, 0.25) is 0 Å². The average molecular weight is 443 g/mol. The van der Waals surface area contributed by atoms with Gasteiger partial charge in [0.25, 0.3) is 0 Å². The Kier molecular flexibility index (Phi) is 6.44. The molecule has 0 aliphatic carbocycles. The van der Waals surface area contributed by atoms with E-state index < -0.39 is 35.1 Å². The van der Waals surface area contributed by atoms with Crippen LogP contribution in [0, 0.1) is 40.2 Å². The minimum Gasteiger partial charge on any atom is -0.373 e. The number of benzene rings is 1. The predicted molar refractivity (Wildman–Crippen MR) is 109 cm³/mol. The van der Waals surface area contributed by atoms with E-state index in [9.17, 15) is 29.2 Å². The number of hydrogen-bond donors (Lipinski definition) is 2. The number of halogens is 2. The van der Waals surface area contributed by atoms with Crippen LogP contribution >= 0.6 is 11.8 Å². The summed E-state index contributed by atoms with van der Waals surface area (Å²) in [4.78, 5) is 16.7. The molecule has 31 heavy (non-hydrogen) atoms. The van der Waals surface area contributed by atoms with Crippen molar-refractivity contribution in [2.45, 2.75) is 41.3 Å². The van der Waals surface area contributed by atoms with Crippen LogP contribution in [0.25, 0.3) is 0 Å². The summed E-state index contributed by atoms with van der Waals surface area (Å²) >= 11 is 0.726. The van der Waals surface area contributed by atoms with E-state index in [1.54, 1.807) is 25.1 Å². The summed E-state index contributed by atoms with van der Waals surface area (Å²) in [6.07, 6.45) is 0.0478. The number of aromatic nitrogens is 1. The average Bonchev–Trinajstić information content (AvgIpc) is 3.05. The molecule has 2 heterocycles. The number of nitrogens with two attached hydrogens (primary N) is 1. The fourth-order valence-electron chi connectivity index (χ4n) is 3.73. The third-order valence-electron chi connectivity index (χ3n) is 5.21. The summed E-state index contributed by atoms with van der Waals surface area (Å²) < 4.78 is 29.0. The quantitative estimate of drug-likeness (QED) is 0.657. The van der Waals surface area contributed by atoms with E-state index in [1.165, 1.54) is 11.0 Å². The van der Waals surface area contributed by atoms with Crippen LogP contribution in [-0.4, -0.2) is 34.2 Å². The Bertz CT molecular complexity index is 1100. The minimum absolute atomic E-state index is 0.0264. The zero-order valence-corrected chi connectivity index (χ0v) is 17.4. The maximum atomic E-state index is 14.7. The number of primary amides is 1. The number of nitrogens with zero attached hydrogens (tertiary/aromatic N) is 4. The van der Waals surface area contributed by atoms with Crippen LogP contribution in [0.1, 0.15) is 18.9 Å². The molecule has 1 saturated heterocycles. The number of rotatable bonds is 6. The molecular formula is C21H19F2N5O2S. The maximum absolute atomic E-state index is 14.7. The predicted octanol–water partition coefficient (Wildman–Crippen LogP) is 2.53. The van der Waals surface area contributed by atoms with Gasteiger partial charge in [0.2, 0.25) is 5.91 Å². The van der Waals surface area contributed by atoms with Gasteiger partial charge in [-0.2, -0.15) is 10.5 Å². The van der Waals surface area contributed by atoms with Gasteiger partial charge in [0.1, 0.15) is 28.5 Å². The summed E-state index contributed by atoms with van der Waals surface area (Å²) in [6, 6.07) is 10.2. The molecule has 3 atom stereocenters. The van der Waals surface area contributed by atoms with Crippen molar-refractivity contribution in [2.24, 2.45) is 11.7 Å². The first-order chi connectivity index (χ1) is 14.7. The molecule has 10 heteroatoms. The van der Waals surface area contributed by atoms with Gasteiger partial charge >= 0.3 is 0 Å². The summed E-state index contributed by atoms with van der Waals surface area (Å²) in [5.74, 6) is -2.74. The van der Waals surface area contributed by atoms with Gasteiger partial charge in [-0.15, -0.1) is 0 Å². The smallest absolute Gasteiger partial charge is 0.221 e. The maximum Gasteiger partial charge on any atom is 0.221 e. The third-order valence-corrected chi connectivity index (χ3v) is 6.23. The molecule has 1 aliphatic rings. The van der Waals surface area contributed by atoms with Crippen molar-refractivity contribution >= 4 is 23.5 Å². The summed E-state index contributed by atoms with van der Waals surface area (Å²) in [5.41, 5.74) is 3.38. The number of hydrogen-bond acceptors (Lipinski definition) is 7. The van der Waals surface area contributed by atoms with E-state index in [0.717, 1.165) is 17.8 Å². The van der Waals surface area contributed by atoms with Crippen LogP contribution in [-0.2, 0) is 11.2 Å². The van der Waals surface area contributed by atoms with Crippen molar-refractivity contribution in [3.05, 3.63) is 47.5 Å². The second-order valence-electron chi connectivity index (χ2n) is 7.18. The van der Waals surface area contributed by atoms with Crippen LogP contribution in [0.5, 0.6) is 0 Å². The topological polar surface area (TPSA) is 127 Å². The summed E-state index contributed by atoms with van der Waals surface area (Å²) in [6.45, 7) is 1.67. The van der Waals surface area contributed by atoms with Crippen molar-refractivity contribution in [1.82, 2.24) is 4.98 Å². The van der Waals surface area contributed by atoms with E-state index in [4.69, 9.17) is 5.73 Å². The van der Waals surface area contributed by atoms with Crippen molar-refractivity contribution in [1.29, 1.82) is 10.5 Å². The Morgan fingerprint density at radius 3 is 2.74 bits per heavy atom. The zero-order valence-electron chi connectivity index (χ0n) is 16.5. The fraction of sp³-hybridized carbons (Fsp3) is 0.333. The Labute approximate surface area is 182 Å². The lowest BCUT2D eigenvalue weighted by Crippen LogP contribution is -2.36. The second-order valence-corrected chi connectivity index (χ2v) is 8.21. The number of amides is 1. The number of aliphatic hydroxyl groups is 1. The fourth-order valence-corrected chi connectivity index (χ4v) is 4.61. The number of carbonyl (C=O) groups excluding carboxylic acids is 1. The van der Waals surface area contributed by atoms with Crippen molar-refractivity contribution in [3.8, 4) is 12.1 Å². The van der Waals surface area contributed by atoms with Gasteiger partial charge in [0.05, 0.1) is 30.0 Å². The molecule has 0 bridgehead atoms. The van der Waals surface area contributed by atoms with Gasteiger partial charge in [-0.25, -0.2) is 13.8 Å². The number of β-amino-alcohol motifs (C(OH)–C–C–N with tert-alkyl or cyclic N) is 1. The van der Waals surface area contributed by atoms with E-state index >= 15 is 0 Å². The first-order valence-electron chi connectivity index (χ1n) is 9.44. The zero-order chi connectivity index (χ0) is 22.8.